The molecule has 0 saturated heterocycles. The number of hydrogen-bond acceptors (Lipinski definition) is 4. The Hall–Kier alpha value is -3.02. The first-order valence-corrected chi connectivity index (χ1v) is 7.39. The molecule has 0 bridgehead atoms. The Balaban J connectivity index is 1.62. The van der Waals surface area contributed by atoms with Gasteiger partial charge in [0.1, 0.15) is 0 Å². The van der Waals surface area contributed by atoms with E-state index in [1.54, 1.807) is 0 Å². The molecule has 114 valence electrons. The molecule has 6 heteroatoms. The molecule has 1 aromatic carbocycles. The quantitative estimate of drug-likeness (QED) is 0.752. The zero-order valence-electron chi connectivity index (χ0n) is 12.5. The van der Waals surface area contributed by atoms with Crippen LogP contribution in [0.5, 0.6) is 0 Å². The van der Waals surface area contributed by atoms with Gasteiger partial charge in [0.2, 0.25) is 0 Å². The zero-order chi connectivity index (χ0) is 16.0. The van der Waals surface area contributed by atoms with E-state index < -0.39 is 0 Å². The lowest BCUT2D eigenvalue weighted by Crippen LogP contribution is -2.31. The van der Waals surface area contributed by atoms with Crippen LogP contribution in [0.2, 0.25) is 0 Å². The van der Waals surface area contributed by atoms with Crippen molar-refractivity contribution in [2.24, 2.45) is 0 Å². The number of aryl methyl sites for hydroxylation is 1. The number of hydrogen-bond donors (Lipinski definition) is 1. The van der Waals surface area contributed by atoms with E-state index in [-0.39, 0.29) is 11.8 Å². The summed E-state index contributed by atoms with van der Waals surface area (Å²) in [7, 11) is 0. The molecule has 4 rings (SSSR count). The Kier molecular flexibility index (Phi) is 2.97. The average molecular weight is 306 g/mol. The monoisotopic (exact) mass is 306 g/mol. The molecule has 1 aliphatic heterocycles. The van der Waals surface area contributed by atoms with E-state index in [2.05, 4.69) is 15.2 Å². The van der Waals surface area contributed by atoms with E-state index in [0.29, 0.717) is 35.1 Å². The maximum absolute atomic E-state index is 12.6. The van der Waals surface area contributed by atoms with Crippen LogP contribution in [-0.4, -0.2) is 38.4 Å². The maximum atomic E-state index is 12.6. The number of carbonyl (C=O) groups is 2. The number of aromatic nitrogens is 3. The van der Waals surface area contributed by atoms with Crippen LogP contribution in [0.25, 0.3) is 11.0 Å². The molecule has 0 atom stereocenters. The van der Waals surface area contributed by atoms with Crippen molar-refractivity contribution in [3.8, 4) is 0 Å². The van der Waals surface area contributed by atoms with E-state index in [4.69, 9.17) is 0 Å². The number of amides is 2. The lowest BCUT2D eigenvalue weighted by atomic mass is 10.1. The van der Waals surface area contributed by atoms with Crippen molar-refractivity contribution in [3.63, 3.8) is 0 Å². The van der Waals surface area contributed by atoms with Gasteiger partial charge in [-0.15, -0.1) is 0 Å². The van der Waals surface area contributed by atoms with Crippen molar-refractivity contribution in [2.75, 3.05) is 6.54 Å². The third kappa shape index (κ3) is 2.11. The molecule has 0 radical (unpaired) electrons. The summed E-state index contributed by atoms with van der Waals surface area (Å²) in [4.78, 5) is 30.5. The predicted molar refractivity (Wildman–Crippen MR) is 84.1 cm³/mol. The summed E-state index contributed by atoms with van der Waals surface area (Å²) in [6.07, 6.45) is 3.62. The number of pyridine rings is 1. The first kappa shape index (κ1) is 13.6. The Bertz CT molecular complexity index is 927. The number of imide groups is 1. The SMILES string of the molecule is Cc1ccc(CCN2C(=O)c3cnc4[nH]ncc4c3C2=O)cc1. The molecular weight excluding hydrogens is 292 g/mol. The van der Waals surface area contributed by atoms with Gasteiger partial charge in [-0.2, -0.15) is 5.10 Å². The highest BCUT2D eigenvalue weighted by atomic mass is 16.2. The van der Waals surface area contributed by atoms with Crippen molar-refractivity contribution in [3.05, 3.63) is 58.9 Å². The second-order valence-electron chi connectivity index (χ2n) is 5.68. The molecule has 1 N–H and O–H groups in total. The number of nitrogens with zero attached hydrogens (tertiary/aromatic N) is 3. The minimum atomic E-state index is -0.285. The molecule has 3 heterocycles. The van der Waals surface area contributed by atoms with E-state index in [0.717, 1.165) is 5.56 Å². The van der Waals surface area contributed by atoms with Gasteiger partial charge in [0.15, 0.2) is 5.65 Å². The van der Waals surface area contributed by atoms with Gasteiger partial charge in [0.05, 0.1) is 22.7 Å². The summed E-state index contributed by atoms with van der Waals surface area (Å²) in [5.74, 6) is -0.557. The number of carbonyl (C=O) groups excluding carboxylic acids is 2. The minimum absolute atomic E-state index is 0.272. The highest BCUT2D eigenvalue weighted by Gasteiger charge is 2.37. The van der Waals surface area contributed by atoms with Crippen molar-refractivity contribution in [2.45, 2.75) is 13.3 Å². The molecule has 0 fully saturated rings. The van der Waals surface area contributed by atoms with Gasteiger partial charge in [0, 0.05) is 12.7 Å². The van der Waals surface area contributed by atoms with E-state index in [1.165, 1.54) is 22.9 Å². The molecule has 0 unspecified atom stereocenters. The minimum Gasteiger partial charge on any atom is -0.274 e. The first-order chi connectivity index (χ1) is 11.1. The molecule has 2 amide bonds. The molecule has 23 heavy (non-hydrogen) atoms. The summed E-state index contributed by atoms with van der Waals surface area (Å²) in [5, 5.41) is 7.21. The van der Waals surface area contributed by atoms with Gasteiger partial charge in [0.25, 0.3) is 11.8 Å². The standard InChI is InChI=1S/C17H14N4O2/c1-10-2-4-11(5-3-10)6-7-21-16(22)13-8-18-15-12(9-19-20-15)14(13)17(21)23/h2-5,8-9H,6-7H2,1H3,(H,18,19,20). The summed E-state index contributed by atoms with van der Waals surface area (Å²) < 4.78 is 0. The molecule has 1 aliphatic rings. The number of H-pyrrole nitrogens is 1. The van der Waals surface area contributed by atoms with Gasteiger partial charge >= 0.3 is 0 Å². The van der Waals surface area contributed by atoms with Crippen LogP contribution in [-0.2, 0) is 6.42 Å². The highest BCUT2D eigenvalue weighted by Crippen LogP contribution is 2.28. The van der Waals surface area contributed by atoms with Crippen molar-refractivity contribution in [1.29, 1.82) is 0 Å². The number of nitrogens with one attached hydrogen (secondary N) is 1. The van der Waals surface area contributed by atoms with Crippen LogP contribution < -0.4 is 0 Å². The fourth-order valence-electron chi connectivity index (χ4n) is 2.86. The molecule has 6 nitrogen and oxygen atoms in total. The Morgan fingerprint density at radius 1 is 1.09 bits per heavy atom. The molecule has 0 spiro atoms. The predicted octanol–water partition coefficient (Wildman–Crippen LogP) is 2.11. The third-order valence-corrected chi connectivity index (χ3v) is 4.16. The number of fused-ring (bicyclic) bond motifs is 3. The number of aromatic amines is 1. The lowest BCUT2D eigenvalue weighted by Gasteiger charge is -2.13. The normalized spacial score (nSPS) is 13.9. The largest absolute Gasteiger partial charge is 0.274 e. The van der Waals surface area contributed by atoms with Crippen LogP contribution in [0.15, 0.2) is 36.7 Å². The molecule has 0 aliphatic carbocycles. The smallest absolute Gasteiger partial charge is 0.263 e. The van der Waals surface area contributed by atoms with Gasteiger partial charge in [-0.25, -0.2) is 4.98 Å². The fraction of sp³-hybridized carbons (Fsp3) is 0.176. The summed E-state index contributed by atoms with van der Waals surface area (Å²) in [5.41, 5.74) is 3.55. The van der Waals surface area contributed by atoms with E-state index >= 15 is 0 Å². The van der Waals surface area contributed by atoms with Crippen LogP contribution in [0.4, 0.5) is 0 Å². The third-order valence-electron chi connectivity index (χ3n) is 4.16. The summed E-state index contributed by atoms with van der Waals surface area (Å²) >= 11 is 0. The maximum Gasteiger partial charge on any atom is 0.263 e. The van der Waals surface area contributed by atoms with Gasteiger partial charge in [-0.05, 0) is 18.9 Å². The highest BCUT2D eigenvalue weighted by molar-refractivity contribution is 6.25. The molecule has 2 aromatic heterocycles. The van der Waals surface area contributed by atoms with E-state index in [9.17, 15) is 9.59 Å². The first-order valence-electron chi connectivity index (χ1n) is 7.39. The van der Waals surface area contributed by atoms with Crippen LogP contribution in [0.3, 0.4) is 0 Å². The van der Waals surface area contributed by atoms with Crippen LogP contribution in [0, 0.1) is 6.92 Å². The average Bonchev–Trinajstić information content (AvgIpc) is 3.11. The summed E-state index contributed by atoms with van der Waals surface area (Å²) in [6, 6.07) is 8.08. The van der Waals surface area contributed by atoms with E-state index in [1.807, 2.05) is 31.2 Å². The van der Waals surface area contributed by atoms with Crippen LogP contribution in [0.1, 0.15) is 31.8 Å². The second-order valence-corrected chi connectivity index (χ2v) is 5.68. The fourth-order valence-corrected chi connectivity index (χ4v) is 2.86. The Morgan fingerprint density at radius 3 is 2.65 bits per heavy atom. The van der Waals surface area contributed by atoms with Crippen molar-refractivity contribution in [1.82, 2.24) is 20.1 Å². The zero-order valence-corrected chi connectivity index (χ0v) is 12.5. The second kappa shape index (κ2) is 5.01. The van der Waals surface area contributed by atoms with Gasteiger partial charge < -0.3 is 0 Å². The Morgan fingerprint density at radius 2 is 1.87 bits per heavy atom. The van der Waals surface area contributed by atoms with Crippen molar-refractivity contribution >= 4 is 22.8 Å². The lowest BCUT2D eigenvalue weighted by molar-refractivity contribution is 0.0656. The topological polar surface area (TPSA) is 79.0 Å². The van der Waals surface area contributed by atoms with Gasteiger partial charge in [-0.1, -0.05) is 29.8 Å². The Labute approximate surface area is 132 Å². The molecule has 3 aromatic rings. The number of rotatable bonds is 3. The summed E-state index contributed by atoms with van der Waals surface area (Å²) in [6.45, 7) is 2.38. The van der Waals surface area contributed by atoms with Gasteiger partial charge in [-0.3, -0.25) is 19.6 Å². The molecular formula is C17H14N4O2. The van der Waals surface area contributed by atoms with Crippen LogP contribution >= 0.6 is 0 Å². The van der Waals surface area contributed by atoms with Crippen molar-refractivity contribution < 1.29 is 9.59 Å². The molecule has 0 saturated carbocycles. The number of benzene rings is 1.